The second-order valence-corrected chi connectivity index (χ2v) is 4.50. The molecule has 1 saturated carbocycles. The summed E-state index contributed by atoms with van der Waals surface area (Å²) in [6.45, 7) is 0.301. The third-order valence-corrected chi connectivity index (χ3v) is 3.08. The summed E-state index contributed by atoms with van der Waals surface area (Å²) in [7, 11) is 0. The molecule has 4 N–H and O–H groups in total. The van der Waals surface area contributed by atoms with Crippen molar-refractivity contribution in [1.82, 2.24) is 5.32 Å². The minimum absolute atomic E-state index is 0.0172. The molecule has 0 unspecified atom stereocenters. The van der Waals surface area contributed by atoms with Gasteiger partial charge in [0.2, 0.25) is 5.91 Å². The van der Waals surface area contributed by atoms with Crippen molar-refractivity contribution < 1.29 is 14.7 Å². The molecule has 92 valence electrons. The van der Waals surface area contributed by atoms with E-state index in [0.29, 0.717) is 6.54 Å². The Labute approximate surface area is 95.4 Å². The summed E-state index contributed by atoms with van der Waals surface area (Å²) < 4.78 is 0. The van der Waals surface area contributed by atoms with Crippen molar-refractivity contribution in [2.45, 2.75) is 50.5 Å². The van der Waals surface area contributed by atoms with Crippen LogP contribution in [0.1, 0.15) is 44.9 Å². The van der Waals surface area contributed by atoms with E-state index < -0.39 is 11.5 Å². The van der Waals surface area contributed by atoms with Crippen LogP contribution in [0.4, 0.5) is 0 Å². The molecule has 0 bridgehead atoms. The van der Waals surface area contributed by atoms with Crippen LogP contribution in [0.2, 0.25) is 0 Å². The Bertz CT molecular complexity index is 260. The lowest BCUT2D eigenvalue weighted by atomic mass is 9.79. The molecular formula is C11H20N2O3. The van der Waals surface area contributed by atoms with Crippen LogP contribution in [-0.2, 0) is 9.59 Å². The smallest absolute Gasteiger partial charge is 0.305 e. The van der Waals surface area contributed by atoms with Crippen LogP contribution >= 0.6 is 0 Å². The number of carbonyl (C=O) groups is 2. The zero-order valence-electron chi connectivity index (χ0n) is 9.50. The fourth-order valence-corrected chi connectivity index (χ4v) is 2.35. The number of carbonyl (C=O) groups excluding carboxylic acids is 1. The summed E-state index contributed by atoms with van der Waals surface area (Å²) in [6, 6.07) is 0. The number of hydrogen-bond acceptors (Lipinski definition) is 3. The van der Waals surface area contributed by atoms with Gasteiger partial charge in [-0.2, -0.15) is 0 Å². The topological polar surface area (TPSA) is 92.4 Å². The van der Waals surface area contributed by atoms with Crippen molar-refractivity contribution in [2.24, 2.45) is 5.73 Å². The van der Waals surface area contributed by atoms with E-state index in [4.69, 9.17) is 10.8 Å². The molecule has 16 heavy (non-hydrogen) atoms. The first kappa shape index (κ1) is 13.0. The van der Waals surface area contributed by atoms with Gasteiger partial charge in [-0.15, -0.1) is 0 Å². The predicted molar refractivity (Wildman–Crippen MR) is 59.9 cm³/mol. The fraction of sp³-hybridized carbons (Fsp3) is 0.818. The van der Waals surface area contributed by atoms with E-state index in [1.54, 1.807) is 0 Å². The van der Waals surface area contributed by atoms with Crippen LogP contribution in [0.3, 0.4) is 0 Å². The molecule has 0 saturated heterocycles. The average Bonchev–Trinajstić information content (AvgIpc) is 2.17. The number of aliphatic carboxylic acids is 1. The number of nitrogens with two attached hydrogens (primary N) is 1. The molecular weight excluding hydrogens is 208 g/mol. The van der Waals surface area contributed by atoms with E-state index in [9.17, 15) is 9.59 Å². The summed E-state index contributed by atoms with van der Waals surface area (Å²) in [5, 5.41) is 11.8. The van der Waals surface area contributed by atoms with E-state index in [2.05, 4.69) is 5.32 Å². The second kappa shape index (κ2) is 5.84. The second-order valence-electron chi connectivity index (χ2n) is 4.50. The Morgan fingerprint density at radius 1 is 1.25 bits per heavy atom. The normalized spacial score (nSPS) is 19.1. The molecule has 0 aromatic carbocycles. The number of amides is 1. The van der Waals surface area contributed by atoms with Crippen molar-refractivity contribution >= 4 is 11.9 Å². The maximum absolute atomic E-state index is 11.5. The zero-order chi connectivity index (χ0) is 12.0. The number of nitrogens with one attached hydrogen (secondary N) is 1. The molecule has 1 aliphatic rings. The van der Waals surface area contributed by atoms with E-state index in [0.717, 1.165) is 32.1 Å². The molecule has 0 spiro atoms. The van der Waals surface area contributed by atoms with Gasteiger partial charge in [-0.05, 0) is 12.8 Å². The molecule has 0 aliphatic heterocycles. The highest BCUT2D eigenvalue weighted by molar-refractivity contribution is 5.78. The van der Waals surface area contributed by atoms with Gasteiger partial charge in [-0.3, -0.25) is 9.59 Å². The summed E-state index contributed by atoms with van der Waals surface area (Å²) in [5.74, 6) is -0.986. The van der Waals surface area contributed by atoms with Gasteiger partial charge in [0.1, 0.15) is 0 Å². The molecule has 5 nitrogen and oxygen atoms in total. The Kier molecular flexibility index (Phi) is 4.73. The molecule has 1 rings (SSSR count). The fourth-order valence-electron chi connectivity index (χ4n) is 2.35. The molecule has 5 heteroatoms. The van der Waals surface area contributed by atoms with Gasteiger partial charge in [0.15, 0.2) is 0 Å². The Morgan fingerprint density at radius 2 is 1.88 bits per heavy atom. The van der Waals surface area contributed by atoms with Crippen molar-refractivity contribution in [3.63, 3.8) is 0 Å². The SMILES string of the molecule is NCCC(=O)NC1(CC(=O)O)CCCCC1. The van der Waals surface area contributed by atoms with Crippen molar-refractivity contribution in [2.75, 3.05) is 6.54 Å². The molecule has 0 atom stereocenters. The average molecular weight is 228 g/mol. The molecule has 1 fully saturated rings. The van der Waals surface area contributed by atoms with Gasteiger partial charge >= 0.3 is 5.97 Å². The minimum Gasteiger partial charge on any atom is -0.481 e. The number of rotatable bonds is 5. The lowest BCUT2D eigenvalue weighted by Crippen LogP contribution is -2.51. The lowest BCUT2D eigenvalue weighted by Gasteiger charge is -2.37. The zero-order valence-corrected chi connectivity index (χ0v) is 9.50. The highest BCUT2D eigenvalue weighted by atomic mass is 16.4. The summed E-state index contributed by atoms with van der Waals surface area (Å²) in [4.78, 5) is 22.4. The van der Waals surface area contributed by atoms with Crippen LogP contribution < -0.4 is 11.1 Å². The number of carboxylic acids is 1. The first-order chi connectivity index (χ1) is 7.58. The predicted octanol–water partition coefficient (Wildman–Crippen LogP) is 0.629. The molecule has 0 aromatic rings. The first-order valence-corrected chi connectivity index (χ1v) is 5.81. The van der Waals surface area contributed by atoms with Gasteiger partial charge in [-0.25, -0.2) is 0 Å². The lowest BCUT2D eigenvalue weighted by molar-refractivity contribution is -0.139. The quantitative estimate of drug-likeness (QED) is 0.643. The third-order valence-electron chi connectivity index (χ3n) is 3.08. The van der Waals surface area contributed by atoms with Crippen LogP contribution in [0.5, 0.6) is 0 Å². The maximum Gasteiger partial charge on any atom is 0.305 e. The van der Waals surface area contributed by atoms with Crippen LogP contribution in [-0.4, -0.2) is 29.1 Å². The molecule has 1 amide bonds. The van der Waals surface area contributed by atoms with Crippen LogP contribution in [0.15, 0.2) is 0 Å². The Morgan fingerprint density at radius 3 is 2.38 bits per heavy atom. The van der Waals surface area contributed by atoms with Crippen molar-refractivity contribution in [3.05, 3.63) is 0 Å². The maximum atomic E-state index is 11.5. The minimum atomic E-state index is -0.852. The van der Waals surface area contributed by atoms with Crippen LogP contribution in [0.25, 0.3) is 0 Å². The monoisotopic (exact) mass is 228 g/mol. The third kappa shape index (κ3) is 3.81. The summed E-state index contributed by atoms with van der Waals surface area (Å²) in [6.07, 6.45) is 4.89. The largest absolute Gasteiger partial charge is 0.481 e. The van der Waals surface area contributed by atoms with Gasteiger partial charge in [0.25, 0.3) is 0 Å². The molecule has 0 radical (unpaired) electrons. The van der Waals surface area contributed by atoms with E-state index in [-0.39, 0.29) is 18.7 Å². The molecule has 0 aromatic heterocycles. The first-order valence-electron chi connectivity index (χ1n) is 5.81. The summed E-state index contributed by atoms with van der Waals surface area (Å²) >= 11 is 0. The van der Waals surface area contributed by atoms with E-state index in [1.165, 1.54) is 0 Å². The van der Waals surface area contributed by atoms with Gasteiger partial charge < -0.3 is 16.2 Å². The Hall–Kier alpha value is -1.10. The highest BCUT2D eigenvalue weighted by Crippen LogP contribution is 2.31. The van der Waals surface area contributed by atoms with Gasteiger partial charge in [0.05, 0.1) is 12.0 Å². The van der Waals surface area contributed by atoms with Gasteiger partial charge in [0, 0.05) is 13.0 Å². The summed E-state index contributed by atoms with van der Waals surface area (Å²) in [5.41, 5.74) is 4.77. The highest BCUT2D eigenvalue weighted by Gasteiger charge is 2.35. The van der Waals surface area contributed by atoms with E-state index >= 15 is 0 Å². The van der Waals surface area contributed by atoms with Crippen molar-refractivity contribution in [3.8, 4) is 0 Å². The van der Waals surface area contributed by atoms with Crippen molar-refractivity contribution in [1.29, 1.82) is 0 Å². The van der Waals surface area contributed by atoms with Gasteiger partial charge in [-0.1, -0.05) is 19.3 Å². The molecule has 0 heterocycles. The van der Waals surface area contributed by atoms with E-state index in [1.807, 2.05) is 0 Å². The Balaban J connectivity index is 2.62. The number of hydrogen-bond donors (Lipinski definition) is 3. The number of carboxylic acid groups (broad SMARTS) is 1. The standard InChI is InChI=1S/C11H20N2O3/c12-7-4-9(14)13-11(8-10(15)16)5-2-1-3-6-11/h1-8,12H2,(H,13,14)(H,15,16). The van der Waals surface area contributed by atoms with Crippen LogP contribution in [0, 0.1) is 0 Å². The molecule has 1 aliphatic carbocycles.